The van der Waals surface area contributed by atoms with Crippen molar-refractivity contribution in [2.24, 2.45) is 7.05 Å². The Hall–Kier alpha value is -2.29. The summed E-state index contributed by atoms with van der Waals surface area (Å²) in [5, 5.41) is 4.23. The molecule has 0 saturated carbocycles. The number of anilines is 1. The van der Waals surface area contributed by atoms with E-state index in [2.05, 4.69) is 10.3 Å². The Morgan fingerprint density at radius 1 is 1.29 bits per heavy atom. The maximum absolute atomic E-state index is 13.1. The number of likely N-dealkylation sites (tertiary alicyclic amines) is 1. The molecule has 8 nitrogen and oxygen atoms in total. The largest absolute Gasteiger partial charge is 0.453 e. The minimum absolute atomic E-state index is 0.221. The molecule has 1 amide bonds. The third kappa shape index (κ3) is 4.81. The van der Waals surface area contributed by atoms with Crippen molar-refractivity contribution in [2.75, 3.05) is 32.1 Å². The van der Waals surface area contributed by atoms with Gasteiger partial charge >= 0.3 is 6.09 Å². The minimum atomic E-state index is -0.413. The summed E-state index contributed by atoms with van der Waals surface area (Å²) < 4.78 is 12.2. The van der Waals surface area contributed by atoms with Crippen molar-refractivity contribution in [3.8, 4) is 11.3 Å². The molecule has 0 radical (unpaired) electrons. The molecule has 31 heavy (non-hydrogen) atoms. The molecule has 0 spiro atoms. The fourth-order valence-corrected chi connectivity index (χ4v) is 4.22. The van der Waals surface area contributed by atoms with Crippen LogP contribution in [0.25, 0.3) is 11.3 Å². The highest BCUT2D eigenvalue weighted by atomic mass is 35.5. The number of rotatable bonds is 6. The molecule has 10 heteroatoms. The highest BCUT2D eigenvalue weighted by Gasteiger charge is 2.37. The number of amides is 1. The summed E-state index contributed by atoms with van der Waals surface area (Å²) in [5.41, 5.74) is 1.20. The molecule has 1 aromatic heterocycles. The summed E-state index contributed by atoms with van der Waals surface area (Å²) in [4.78, 5) is 31.3. The third-order valence-electron chi connectivity index (χ3n) is 5.29. The number of hydrogen-bond donors (Lipinski definition) is 1. The van der Waals surface area contributed by atoms with Crippen LogP contribution in [0.2, 0.25) is 10.0 Å². The van der Waals surface area contributed by atoms with Gasteiger partial charge in [0.25, 0.3) is 5.56 Å². The highest BCUT2D eigenvalue weighted by Crippen LogP contribution is 2.29. The van der Waals surface area contributed by atoms with Crippen LogP contribution in [0.1, 0.15) is 19.5 Å². The van der Waals surface area contributed by atoms with Crippen molar-refractivity contribution in [1.82, 2.24) is 14.5 Å². The highest BCUT2D eigenvalue weighted by molar-refractivity contribution is 6.36. The number of carbonyl (C=O) groups is 1. The zero-order valence-corrected chi connectivity index (χ0v) is 19.5. The molecular weight excluding hydrogens is 443 g/mol. The predicted octanol–water partition coefficient (Wildman–Crippen LogP) is 3.58. The molecule has 2 aromatic rings. The first-order valence-electron chi connectivity index (χ1n) is 10.1. The molecule has 1 fully saturated rings. The van der Waals surface area contributed by atoms with Crippen LogP contribution in [0.4, 0.5) is 10.6 Å². The summed E-state index contributed by atoms with van der Waals surface area (Å²) in [6.07, 6.45) is -0.0692. The Bertz CT molecular complexity index is 1030. The number of methoxy groups -OCH3 is 1. The van der Waals surface area contributed by atoms with Gasteiger partial charge in [-0.25, -0.2) is 9.78 Å². The van der Waals surface area contributed by atoms with E-state index < -0.39 is 6.09 Å². The van der Waals surface area contributed by atoms with Crippen molar-refractivity contribution in [3.05, 3.63) is 44.3 Å². The number of nitrogens with one attached hydrogen (secondary N) is 1. The molecule has 1 unspecified atom stereocenters. The van der Waals surface area contributed by atoms with Gasteiger partial charge in [0.1, 0.15) is 11.5 Å². The van der Waals surface area contributed by atoms with Gasteiger partial charge in [-0.1, -0.05) is 30.1 Å². The fraction of sp³-hybridized carbons (Fsp3) is 0.476. The zero-order valence-electron chi connectivity index (χ0n) is 17.9. The maximum Gasteiger partial charge on any atom is 0.409 e. The van der Waals surface area contributed by atoms with Gasteiger partial charge in [0.15, 0.2) is 0 Å². The van der Waals surface area contributed by atoms with Crippen LogP contribution in [-0.2, 0) is 22.9 Å². The standard InChI is InChI=1S/C21H26Cl2N4O4/c1-5-15-19(25-16-10-27(21(29)30-4)11-17(16)31-6-2)26(3)20(28)18(24-15)13-8-7-12(22)9-14(13)23/h7-9,16-17,25H,5-6,10-11H2,1-4H3/t16?,17-/m0/s1. The summed E-state index contributed by atoms with van der Waals surface area (Å²) in [6.45, 7) is 5.15. The average Bonchev–Trinajstić information content (AvgIpc) is 3.14. The van der Waals surface area contributed by atoms with E-state index in [1.54, 1.807) is 30.1 Å². The second-order valence-electron chi connectivity index (χ2n) is 7.22. The van der Waals surface area contributed by atoms with Gasteiger partial charge in [-0.05, 0) is 31.5 Å². The van der Waals surface area contributed by atoms with Gasteiger partial charge in [0, 0.05) is 30.8 Å². The van der Waals surface area contributed by atoms with Crippen LogP contribution in [-0.4, -0.2) is 59.5 Å². The Kier molecular flexibility index (Phi) is 7.46. The normalized spacial score (nSPS) is 18.3. The van der Waals surface area contributed by atoms with Gasteiger partial charge in [-0.15, -0.1) is 0 Å². The average molecular weight is 469 g/mol. The quantitative estimate of drug-likeness (QED) is 0.696. The minimum Gasteiger partial charge on any atom is -0.453 e. The van der Waals surface area contributed by atoms with Crippen LogP contribution in [0.3, 0.4) is 0 Å². The number of aromatic nitrogens is 2. The van der Waals surface area contributed by atoms with Crippen LogP contribution >= 0.6 is 23.2 Å². The van der Waals surface area contributed by atoms with Gasteiger partial charge in [0.2, 0.25) is 0 Å². The Labute approximate surface area is 191 Å². The topological polar surface area (TPSA) is 85.7 Å². The van der Waals surface area contributed by atoms with Crippen molar-refractivity contribution >= 4 is 35.1 Å². The van der Waals surface area contributed by atoms with E-state index in [1.165, 1.54) is 11.7 Å². The predicted molar refractivity (Wildman–Crippen MR) is 121 cm³/mol. The molecule has 1 aromatic carbocycles. The van der Waals surface area contributed by atoms with Crippen LogP contribution < -0.4 is 10.9 Å². The van der Waals surface area contributed by atoms with Crippen molar-refractivity contribution in [2.45, 2.75) is 32.4 Å². The molecular formula is C21H26Cl2N4O4. The zero-order chi connectivity index (χ0) is 22.7. The van der Waals surface area contributed by atoms with Crippen LogP contribution in [0.15, 0.2) is 23.0 Å². The number of ether oxygens (including phenoxy) is 2. The summed E-state index contributed by atoms with van der Waals surface area (Å²) >= 11 is 12.3. The van der Waals surface area contributed by atoms with E-state index in [0.717, 1.165) is 0 Å². The molecule has 3 rings (SSSR count). The van der Waals surface area contributed by atoms with E-state index in [-0.39, 0.29) is 23.4 Å². The molecule has 1 saturated heterocycles. The molecule has 1 N–H and O–H groups in total. The van der Waals surface area contributed by atoms with Gasteiger partial charge in [0.05, 0.1) is 36.5 Å². The van der Waals surface area contributed by atoms with Gasteiger partial charge < -0.3 is 19.7 Å². The third-order valence-corrected chi connectivity index (χ3v) is 5.83. The second kappa shape index (κ2) is 9.89. The molecule has 1 aliphatic rings. The van der Waals surface area contributed by atoms with E-state index in [4.69, 9.17) is 32.7 Å². The Morgan fingerprint density at radius 3 is 2.65 bits per heavy atom. The Balaban J connectivity index is 1.99. The summed E-state index contributed by atoms with van der Waals surface area (Å²) in [7, 11) is 3.03. The van der Waals surface area contributed by atoms with Crippen molar-refractivity contribution < 1.29 is 14.3 Å². The number of hydrogen-bond acceptors (Lipinski definition) is 6. The van der Waals surface area contributed by atoms with E-state index in [1.807, 2.05) is 13.8 Å². The number of carbonyl (C=O) groups excluding carboxylic acids is 1. The molecule has 1 aliphatic heterocycles. The molecule has 0 aliphatic carbocycles. The van der Waals surface area contributed by atoms with Crippen LogP contribution in [0, 0.1) is 0 Å². The lowest BCUT2D eigenvalue weighted by molar-refractivity contribution is 0.0613. The lowest BCUT2D eigenvalue weighted by Gasteiger charge is -2.24. The summed E-state index contributed by atoms with van der Waals surface area (Å²) in [6, 6.07) is 4.73. The fourth-order valence-electron chi connectivity index (χ4n) is 3.72. The first-order chi connectivity index (χ1) is 14.8. The first-order valence-corrected chi connectivity index (χ1v) is 10.8. The van der Waals surface area contributed by atoms with Crippen LogP contribution in [0.5, 0.6) is 0 Å². The molecule has 0 bridgehead atoms. The van der Waals surface area contributed by atoms with Gasteiger partial charge in [-0.3, -0.25) is 9.36 Å². The summed E-state index contributed by atoms with van der Waals surface area (Å²) in [5.74, 6) is 0.586. The monoisotopic (exact) mass is 468 g/mol. The number of aryl methyl sites for hydroxylation is 1. The lowest BCUT2D eigenvalue weighted by Crippen LogP contribution is -2.37. The second-order valence-corrected chi connectivity index (χ2v) is 8.06. The van der Waals surface area contributed by atoms with Gasteiger partial charge in [-0.2, -0.15) is 0 Å². The van der Waals surface area contributed by atoms with E-state index in [0.29, 0.717) is 53.2 Å². The van der Waals surface area contributed by atoms with E-state index in [9.17, 15) is 9.59 Å². The first kappa shape index (κ1) is 23.4. The number of benzene rings is 1. The van der Waals surface area contributed by atoms with Crippen molar-refractivity contribution in [1.29, 1.82) is 0 Å². The number of halogens is 2. The maximum atomic E-state index is 13.1. The van der Waals surface area contributed by atoms with E-state index >= 15 is 0 Å². The van der Waals surface area contributed by atoms with Crippen molar-refractivity contribution in [3.63, 3.8) is 0 Å². The Morgan fingerprint density at radius 2 is 2.03 bits per heavy atom. The molecule has 168 valence electrons. The number of nitrogens with zero attached hydrogens (tertiary/aromatic N) is 3. The lowest BCUT2D eigenvalue weighted by atomic mass is 10.1. The molecule has 2 atom stereocenters. The smallest absolute Gasteiger partial charge is 0.409 e. The SMILES string of the molecule is CCO[C@H]1CN(C(=O)OC)CC1Nc1c(CC)nc(-c2ccc(Cl)cc2Cl)c(=O)n1C. The molecule has 2 heterocycles.